The standard InChI is InChI=1S/C12H22/c1-4-5-6-7-8-9-10-11-12(2)3/h4,9-10,12H,1,5-8,11H2,2-3H3. The number of hydrogen-bond donors (Lipinski definition) is 0. The van der Waals surface area contributed by atoms with E-state index in [4.69, 9.17) is 0 Å². The van der Waals surface area contributed by atoms with Gasteiger partial charge in [0.25, 0.3) is 0 Å². The molecular formula is C12H22. The van der Waals surface area contributed by atoms with Crippen molar-refractivity contribution in [3.8, 4) is 0 Å². The van der Waals surface area contributed by atoms with Crippen LogP contribution in [0.4, 0.5) is 0 Å². The Morgan fingerprint density at radius 1 is 1.08 bits per heavy atom. The average Bonchev–Trinajstić information content (AvgIpc) is 2.02. The van der Waals surface area contributed by atoms with Crippen LogP contribution < -0.4 is 0 Å². The Kier molecular flexibility index (Phi) is 8.20. The lowest BCUT2D eigenvalue weighted by Crippen LogP contribution is -1.81. The zero-order valence-electron chi connectivity index (χ0n) is 8.55. The molecule has 0 saturated carbocycles. The molecule has 0 aliphatic heterocycles. The van der Waals surface area contributed by atoms with Gasteiger partial charge in [-0.15, -0.1) is 6.58 Å². The van der Waals surface area contributed by atoms with Gasteiger partial charge in [-0.1, -0.05) is 32.1 Å². The monoisotopic (exact) mass is 166 g/mol. The van der Waals surface area contributed by atoms with Crippen molar-refractivity contribution < 1.29 is 0 Å². The Balaban J connectivity index is 3.07. The second kappa shape index (κ2) is 8.58. The molecular weight excluding hydrogens is 144 g/mol. The smallest absolute Gasteiger partial charge is 0.0327 e. The van der Waals surface area contributed by atoms with Crippen LogP contribution in [0.2, 0.25) is 0 Å². The Morgan fingerprint density at radius 3 is 2.33 bits per heavy atom. The highest BCUT2D eigenvalue weighted by Gasteiger charge is 1.87. The normalized spacial score (nSPS) is 11.2. The van der Waals surface area contributed by atoms with Gasteiger partial charge in [0.1, 0.15) is 0 Å². The molecule has 0 aliphatic carbocycles. The fourth-order valence-corrected chi connectivity index (χ4v) is 1.04. The molecule has 0 radical (unpaired) electrons. The summed E-state index contributed by atoms with van der Waals surface area (Å²) < 4.78 is 0. The van der Waals surface area contributed by atoms with Gasteiger partial charge in [0.15, 0.2) is 0 Å². The molecule has 70 valence electrons. The first-order valence-corrected chi connectivity index (χ1v) is 5.03. The summed E-state index contributed by atoms with van der Waals surface area (Å²) in [6.07, 6.45) is 12.8. The van der Waals surface area contributed by atoms with Crippen LogP contribution in [-0.2, 0) is 0 Å². The highest BCUT2D eigenvalue weighted by atomic mass is 13.9. The van der Waals surface area contributed by atoms with Crippen LogP contribution >= 0.6 is 0 Å². The maximum absolute atomic E-state index is 3.70. The second-order valence-corrected chi connectivity index (χ2v) is 3.67. The van der Waals surface area contributed by atoms with Gasteiger partial charge in [0.2, 0.25) is 0 Å². The topological polar surface area (TPSA) is 0 Å². The summed E-state index contributed by atoms with van der Waals surface area (Å²) in [4.78, 5) is 0. The number of unbranched alkanes of at least 4 members (excludes halogenated alkanes) is 3. The van der Waals surface area contributed by atoms with E-state index in [9.17, 15) is 0 Å². The second-order valence-electron chi connectivity index (χ2n) is 3.67. The predicted octanol–water partition coefficient (Wildman–Crippen LogP) is 4.34. The highest BCUT2D eigenvalue weighted by molar-refractivity contribution is 4.82. The van der Waals surface area contributed by atoms with Crippen LogP contribution in [0.15, 0.2) is 24.8 Å². The van der Waals surface area contributed by atoms with Crippen molar-refractivity contribution in [3.05, 3.63) is 24.8 Å². The van der Waals surface area contributed by atoms with Crippen LogP contribution in [0.1, 0.15) is 46.0 Å². The highest BCUT2D eigenvalue weighted by Crippen LogP contribution is 2.04. The van der Waals surface area contributed by atoms with Crippen LogP contribution in [0.3, 0.4) is 0 Å². The molecule has 0 spiro atoms. The van der Waals surface area contributed by atoms with Crippen LogP contribution in [0, 0.1) is 5.92 Å². The number of rotatable bonds is 7. The Labute approximate surface area is 77.4 Å². The number of hydrogen-bond acceptors (Lipinski definition) is 0. The zero-order valence-corrected chi connectivity index (χ0v) is 8.55. The van der Waals surface area contributed by atoms with Crippen molar-refractivity contribution in [1.82, 2.24) is 0 Å². The molecule has 0 unspecified atom stereocenters. The van der Waals surface area contributed by atoms with E-state index in [2.05, 4.69) is 32.6 Å². The van der Waals surface area contributed by atoms with Gasteiger partial charge >= 0.3 is 0 Å². The van der Waals surface area contributed by atoms with Crippen molar-refractivity contribution in [2.45, 2.75) is 46.0 Å². The summed E-state index contributed by atoms with van der Waals surface area (Å²) in [6.45, 7) is 8.20. The third-order valence-corrected chi connectivity index (χ3v) is 1.80. The zero-order chi connectivity index (χ0) is 9.23. The molecule has 0 nitrogen and oxygen atoms in total. The van der Waals surface area contributed by atoms with Crippen molar-refractivity contribution in [3.63, 3.8) is 0 Å². The van der Waals surface area contributed by atoms with Gasteiger partial charge in [-0.25, -0.2) is 0 Å². The maximum atomic E-state index is 3.70. The van der Waals surface area contributed by atoms with Crippen LogP contribution in [0.5, 0.6) is 0 Å². The first kappa shape index (κ1) is 11.5. The quantitative estimate of drug-likeness (QED) is 0.390. The SMILES string of the molecule is C=CCCCCC=CCC(C)C. The molecule has 0 heteroatoms. The molecule has 0 atom stereocenters. The third kappa shape index (κ3) is 9.48. The average molecular weight is 166 g/mol. The van der Waals surface area contributed by atoms with E-state index in [0.29, 0.717) is 0 Å². The largest absolute Gasteiger partial charge is 0.103 e. The lowest BCUT2D eigenvalue weighted by atomic mass is 10.1. The summed E-state index contributed by atoms with van der Waals surface area (Å²) in [5, 5.41) is 0. The molecule has 0 aliphatic rings. The minimum absolute atomic E-state index is 0.800. The minimum Gasteiger partial charge on any atom is -0.103 e. The van der Waals surface area contributed by atoms with Crippen molar-refractivity contribution >= 4 is 0 Å². The summed E-state index contributed by atoms with van der Waals surface area (Å²) in [5.74, 6) is 0.800. The van der Waals surface area contributed by atoms with Crippen LogP contribution in [-0.4, -0.2) is 0 Å². The summed E-state index contributed by atoms with van der Waals surface area (Å²) >= 11 is 0. The van der Waals surface area contributed by atoms with E-state index in [1.165, 1.54) is 25.7 Å². The lowest BCUT2D eigenvalue weighted by molar-refractivity contribution is 0.660. The van der Waals surface area contributed by atoms with Gasteiger partial charge in [0.05, 0.1) is 0 Å². The molecule has 0 saturated heterocycles. The van der Waals surface area contributed by atoms with Crippen molar-refractivity contribution in [1.29, 1.82) is 0 Å². The van der Waals surface area contributed by atoms with Gasteiger partial charge in [0, 0.05) is 0 Å². The number of allylic oxidation sites excluding steroid dienone is 3. The Bertz CT molecular complexity index is 120. The Hall–Kier alpha value is -0.520. The molecule has 0 fully saturated rings. The van der Waals surface area contributed by atoms with E-state index in [1.807, 2.05) is 6.08 Å². The van der Waals surface area contributed by atoms with E-state index < -0.39 is 0 Å². The van der Waals surface area contributed by atoms with Gasteiger partial charge in [-0.2, -0.15) is 0 Å². The van der Waals surface area contributed by atoms with Gasteiger partial charge < -0.3 is 0 Å². The lowest BCUT2D eigenvalue weighted by Gasteiger charge is -1.96. The van der Waals surface area contributed by atoms with Crippen LogP contribution in [0.25, 0.3) is 0 Å². The molecule has 0 aromatic carbocycles. The first-order chi connectivity index (χ1) is 5.77. The maximum Gasteiger partial charge on any atom is -0.0327 e. The summed E-state index contributed by atoms with van der Waals surface area (Å²) in [6, 6.07) is 0. The molecule has 0 amide bonds. The van der Waals surface area contributed by atoms with Crippen molar-refractivity contribution in [2.75, 3.05) is 0 Å². The minimum atomic E-state index is 0.800. The van der Waals surface area contributed by atoms with Gasteiger partial charge in [-0.05, 0) is 38.0 Å². The molecule has 0 aromatic rings. The summed E-state index contributed by atoms with van der Waals surface area (Å²) in [7, 11) is 0. The molecule has 0 aromatic heterocycles. The molecule has 0 rings (SSSR count). The first-order valence-electron chi connectivity index (χ1n) is 5.03. The van der Waals surface area contributed by atoms with E-state index in [-0.39, 0.29) is 0 Å². The summed E-state index contributed by atoms with van der Waals surface area (Å²) in [5.41, 5.74) is 0. The third-order valence-electron chi connectivity index (χ3n) is 1.80. The molecule has 0 heterocycles. The fourth-order valence-electron chi connectivity index (χ4n) is 1.04. The predicted molar refractivity (Wildman–Crippen MR) is 57.3 cm³/mol. The van der Waals surface area contributed by atoms with Crippen molar-refractivity contribution in [2.24, 2.45) is 5.92 Å². The van der Waals surface area contributed by atoms with E-state index in [1.54, 1.807) is 0 Å². The molecule has 0 bridgehead atoms. The molecule has 0 N–H and O–H groups in total. The molecule has 12 heavy (non-hydrogen) atoms. The Morgan fingerprint density at radius 2 is 1.75 bits per heavy atom. The fraction of sp³-hybridized carbons (Fsp3) is 0.667. The van der Waals surface area contributed by atoms with Gasteiger partial charge in [-0.3, -0.25) is 0 Å². The van der Waals surface area contributed by atoms with E-state index >= 15 is 0 Å². The van der Waals surface area contributed by atoms with E-state index in [0.717, 1.165) is 12.3 Å².